The molecule has 2 aromatic carbocycles. The minimum Gasteiger partial charge on any atom is -0.270 e. The van der Waals surface area contributed by atoms with Crippen molar-refractivity contribution in [1.29, 1.82) is 5.26 Å². The van der Waals surface area contributed by atoms with Crippen molar-refractivity contribution in [3.05, 3.63) is 102 Å². The first-order chi connectivity index (χ1) is 15.5. The molecule has 2 heterocycles. The van der Waals surface area contributed by atoms with Crippen LogP contribution in [0.15, 0.2) is 96.2 Å². The summed E-state index contributed by atoms with van der Waals surface area (Å²) in [6.07, 6.45) is 5.00. The van der Waals surface area contributed by atoms with Crippen LogP contribution in [0.2, 0.25) is 0 Å². The van der Waals surface area contributed by atoms with Crippen LogP contribution in [0.1, 0.15) is 12.5 Å². The highest BCUT2D eigenvalue weighted by molar-refractivity contribution is 6.19. The first-order valence-electron chi connectivity index (χ1n) is 10.1. The molecule has 0 unspecified atom stereocenters. The summed E-state index contributed by atoms with van der Waals surface area (Å²) in [5, 5.41) is 14.3. The van der Waals surface area contributed by atoms with Crippen molar-refractivity contribution >= 4 is 17.9 Å². The number of hydrogen-bond acceptors (Lipinski definition) is 4. The lowest BCUT2D eigenvalue weighted by Crippen LogP contribution is -2.42. The van der Waals surface area contributed by atoms with Crippen LogP contribution in [-0.4, -0.2) is 33.0 Å². The Morgan fingerprint density at radius 1 is 1.03 bits per heavy atom. The Morgan fingerprint density at radius 2 is 1.69 bits per heavy atom. The van der Waals surface area contributed by atoms with Gasteiger partial charge in [-0.1, -0.05) is 54.6 Å². The van der Waals surface area contributed by atoms with Crippen LogP contribution in [0.3, 0.4) is 0 Å². The molecule has 1 aromatic heterocycles. The van der Waals surface area contributed by atoms with Gasteiger partial charge in [-0.25, -0.2) is 4.68 Å². The molecule has 0 aliphatic carbocycles. The van der Waals surface area contributed by atoms with Gasteiger partial charge in [0.15, 0.2) is 0 Å². The molecular weight excluding hydrogens is 400 g/mol. The number of nitrogens with zero attached hydrogens (tertiary/aromatic N) is 4. The number of nitriles is 1. The van der Waals surface area contributed by atoms with E-state index >= 15 is 0 Å². The van der Waals surface area contributed by atoms with Gasteiger partial charge in [0.05, 0.1) is 11.4 Å². The summed E-state index contributed by atoms with van der Waals surface area (Å²) in [4.78, 5) is 26.8. The van der Waals surface area contributed by atoms with Gasteiger partial charge in [-0.2, -0.15) is 10.4 Å². The van der Waals surface area contributed by atoms with Gasteiger partial charge in [0.2, 0.25) is 0 Å². The molecule has 1 aliphatic heterocycles. The molecule has 0 N–H and O–H groups in total. The van der Waals surface area contributed by atoms with E-state index < -0.39 is 11.8 Å². The van der Waals surface area contributed by atoms with Crippen molar-refractivity contribution < 1.29 is 9.59 Å². The normalized spacial score (nSPS) is 15.2. The van der Waals surface area contributed by atoms with E-state index in [9.17, 15) is 14.9 Å². The Hall–Kier alpha value is -4.50. The van der Waals surface area contributed by atoms with Crippen molar-refractivity contribution in [1.82, 2.24) is 14.7 Å². The molecule has 3 aromatic rings. The number of amides is 2. The van der Waals surface area contributed by atoms with E-state index in [-0.39, 0.29) is 17.7 Å². The standard InChI is InChI=1S/C26H20N4O2/c1-3-14-29-25(31)22(18(2)23(16-27)26(29)32)15-20-17-30(21-12-8-5-9-13-21)28-24(20)19-10-6-4-7-11-19/h3-13,15,17H,1,14H2,2H3/b22-15+. The fraction of sp³-hybridized carbons (Fsp3) is 0.0769. The molecule has 0 saturated heterocycles. The Bertz CT molecular complexity index is 1310. The summed E-state index contributed by atoms with van der Waals surface area (Å²) < 4.78 is 1.75. The summed E-state index contributed by atoms with van der Waals surface area (Å²) in [5.41, 5.74) is 3.74. The summed E-state index contributed by atoms with van der Waals surface area (Å²) in [5.74, 6) is -1.06. The van der Waals surface area contributed by atoms with Crippen LogP contribution in [0.25, 0.3) is 23.0 Å². The molecule has 1 aliphatic rings. The SMILES string of the molecule is C=CCN1C(=O)C(C#N)=C(C)/C(=C\c2cn(-c3ccccc3)nc2-c2ccccc2)C1=O. The maximum Gasteiger partial charge on any atom is 0.271 e. The van der Waals surface area contributed by atoms with Crippen molar-refractivity contribution in [2.24, 2.45) is 0 Å². The first-order valence-corrected chi connectivity index (χ1v) is 10.1. The van der Waals surface area contributed by atoms with E-state index in [4.69, 9.17) is 5.10 Å². The monoisotopic (exact) mass is 420 g/mol. The van der Waals surface area contributed by atoms with Gasteiger partial charge in [-0.05, 0) is 30.7 Å². The maximum atomic E-state index is 13.1. The van der Waals surface area contributed by atoms with Gasteiger partial charge >= 0.3 is 0 Å². The molecule has 156 valence electrons. The minimum absolute atomic E-state index is 0.0300. The lowest BCUT2D eigenvalue weighted by atomic mass is 9.93. The molecule has 0 atom stereocenters. The number of aromatic nitrogens is 2. The Balaban J connectivity index is 1.92. The fourth-order valence-electron chi connectivity index (χ4n) is 3.61. The van der Waals surface area contributed by atoms with E-state index in [0.717, 1.165) is 16.2 Å². The van der Waals surface area contributed by atoms with E-state index in [1.54, 1.807) is 17.7 Å². The highest BCUT2D eigenvalue weighted by Crippen LogP contribution is 2.31. The molecule has 0 radical (unpaired) electrons. The molecule has 0 bridgehead atoms. The molecule has 6 nitrogen and oxygen atoms in total. The Morgan fingerprint density at radius 3 is 2.31 bits per heavy atom. The summed E-state index contributed by atoms with van der Waals surface area (Å²) in [6, 6.07) is 21.2. The minimum atomic E-state index is -0.602. The molecule has 0 spiro atoms. The van der Waals surface area contributed by atoms with Crippen LogP contribution in [0.4, 0.5) is 0 Å². The number of benzene rings is 2. The summed E-state index contributed by atoms with van der Waals surface area (Å²) in [6.45, 7) is 5.27. The van der Waals surface area contributed by atoms with Gasteiger partial charge in [0.25, 0.3) is 11.8 Å². The zero-order valence-corrected chi connectivity index (χ0v) is 17.5. The third-order valence-corrected chi connectivity index (χ3v) is 5.25. The number of carbonyl (C=O) groups excluding carboxylic acids is 2. The average Bonchev–Trinajstić information content (AvgIpc) is 3.25. The van der Waals surface area contributed by atoms with Crippen molar-refractivity contribution in [3.63, 3.8) is 0 Å². The highest BCUT2D eigenvalue weighted by Gasteiger charge is 2.35. The van der Waals surface area contributed by atoms with Crippen LogP contribution in [0.5, 0.6) is 0 Å². The average molecular weight is 420 g/mol. The van der Waals surface area contributed by atoms with Crippen LogP contribution in [0, 0.1) is 11.3 Å². The third-order valence-electron chi connectivity index (χ3n) is 5.25. The van der Waals surface area contributed by atoms with E-state index in [0.29, 0.717) is 16.8 Å². The third kappa shape index (κ3) is 3.68. The zero-order valence-electron chi connectivity index (χ0n) is 17.5. The highest BCUT2D eigenvalue weighted by atomic mass is 16.2. The number of hydrogen-bond donors (Lipinski definition) is 0. The first kappa shape index (κ1) is 20.8. The largest absolute Gasteiger partial charge is 0.271 e. The van der Waals surface area contributed by atoms with Gasteiger partial charge in [0, 0.05) is 29.4 Å². The molecule has 2 amide bonds. The van der Waals surface area contributed by atoms with Crippen molar-refractivity contribution in [3.8, 4) is 23.0 Å². The lowest BCUT2D eigenvalue weighted by Gasteiger charge is -2.26. The molecular formula is C26H20N4O2. The number of carbonyl (C=O) groups is 2. The predicted molar refractivity (Wildman–Crippen MR) is 122 cm³/mol. The van der Waals surface area contributed by atoms with Crippen LogP contribution in [-0.2, 0) is 9.59 Å². The molecule has 4 rings (SSSR count). The fourth-order valence-corrected chi connectivity index (χ4v) is 3.61. The lowest BCUT2D eigenvalue weighted by molar-refractivity contribution is -0.139. The molecule has 0 saturated carbocycles. The summed E-state index contributed by atoms with van der Waals surface area (Å²) >= 11 is 0. The number of imide groups is 1. The van der Waals surface area contributed by atoms with E-state index in [1.807, 2.05) is 72.9 Å². The second-order valence-electron chi connectivity index (χ2n) is 7.26. The quantitative estimate of drug-likeness (QED) is 0.350. The smallest absolute Gasteiger partial charge is 0.270 e. The van der Waals surface area contributed by atoms with Gasteiger partial charge < -0.3 is 0 Å². The number of rotatable bonds is 5. The molecule has 32 heavy (non-hydrogen) atoms. The second-order valence-corrected chi connectivity index (χ2v) is 7.26. The number of para-hydroxylation sites is 1. The van der Waals surface area contributed by atoms with Crippen LogP contribution >= 0.6 is 0 Å². The summed E-state index contributed by atoms with van der Waals surface area (Å²) in [7, 11) is 0. The maximum absolute atomic E-state index is 13.1. The molecule has 6 heteroatoms. The van der Waals surface area contributed by atoms with Crippen LogP contribution < -0.4 is 0 Å². The van der Waals surface area contributed by atoms with Gasteiger partial charge in [0.1, 0.15) is 11.6 Å². The van der Waals surface area contributed by atoms with Gasteiger partial charge in [-0.15, -0.1) is 6.58 Å². The zero-order chi connectivity index (χ0) is 22.7. The Kier molecular flexibility index (Phi) is 5.65. The van der Waals surface area contributed by atoms with Crippen molar-refractivity contribution in [2.75, 3.05) is 6.54 Å². The predicted octanol–water partition coefficient (Wildman–Crippen LogP) is 4.32. The molecule has 0 fully saturated rings. The second kappa shape index (κ2) is 8.70. The van der Waals surface area contributed by atoms with E-state index in [1.165, 1.54) is 6.08 Å². The van der Waals surface area contributed by atoms with Gasteiger partial charge in [-0.3, -0.25) is 14.5 Å². The topological polar surface area (TPSA) is 79.0 Å². The van der Waals surface area contributed by atoms with Crippen molar-refractivity contribution in [2.45, 2.75) is 6.92 Å². The van der Waals surface area contributed by atoms with E-state index in [2.05, 4.69) is 6.58 Å². The Labute approximate surface area is 186 Å².